The molecule has 2 aromatic carbocycles. The van der Waals surface area contributed by atoms with Crippen LogP contribution in [0.3, 0.4) is 0 Å². The monoisotopic (exact) mass is 385 g/mol. The molecule has 142 valence electrons. The average molecular weight is 385 g/mol. The lowest BCUT2D eigenvalue weighted by atomic mass is 10.2. The summed E-state index contributed by atoms with van der Waals surface area (Å²) in [4.78, 5) is 11.3. The van der Waals surface area contributed by atoms with E-state index in [0.29, 0.717) is 22.9 Å². The van der Waals surface area contributed by atoms with Crippen molar-refractivity contribution in [2.45, 2.75) is 6.18 Å². The molecule has 0 saturated heterocycles. The quantitative estimate of drug-likeness (QED) is 0.455. The summed E-state index contributed by atoms with van der Waals surface area (Å²) in [5.74, 6) is 1.17. The highest BCUT2D eigenvalue weighted by atomic mass is 19.4. The number of alkyl halides is 3. The van der Waals surface area contributed by atoms with Crippen LogP contribution in [-0.4, -0.2) is 15.0 Å². The molecular weight excluding hydrogens is 371 g/mol. The van der Waals surface area contributed by atoms with Crippen LogP contribution in [0, 0.1) is 0 Å². The van der Waals surface area contributed by atoms with Crippen LogP contribution >= 0.6 is 0 Å². The molecule has 0 saturated carbocycles. The second kappa shape index (κ2) is 6.76. The molecule has 0 aliphatic carbocycles. The lowest BCUT2D eigenvalue weighted by Gasteiger charge is -2.11. The number of nitrogen functional groups attached to an aromatic ring is 1. The van der Waals surface area contributed by atoms with Gasteiger partial charge in [-0.2, -0.15) is 23.1 Å². The van der Waals surface area contributed by atoms with Gasteiger partial charge >= 0.3 is 6.18 Å². The van der Waals surface area contributed by atoms with Crippen LogP contribution in [0.15, 0.2) is 60.8 Å². The van der Waals surface area contributed by atoms with Crippen molar-refractivity contribution in [3.8, 4) is 11.5 Å². The third-order valence-corrected chi connectivity index (χ3v) is 3.95. The Hall–Kier alpha value is -3.75. The lowest BCUT2D eigenvalue weighted by Crippen LogP contribution is -2.04. The van der Waals surface area contributed by atoms with E-state index >= 15 is 0 Å². The molecular formula is C19H14F3N5O. The maximum Gasteiger partial charge on any atom is 0.416 e. The molecule has 0 radical (unpaired) electrons. The number of hydrogen-bond acceptors (Lipinski definition) is 5. The number of nitrogens with zero attached hydrogens (tertiary/aromatic N) is 2. The van der Waals surface area contributed by atoms with E-state index in [4.69, 9.17) is 10.5 Å². The zero-order valence-corrected chi connectivity index (χ0v) is 14.3. The predicted molar refractivity (Wildman–Crippen MR) is 99.5 cm³/mol. The highest BCUT2D eigenvalue weighted by Gasteiger charge is 2.30. The largest absolute Gasteiger partial charge is 0.457 e. The Morgan fingerprint density at radius 1 is 0.964 bits per heavy atom. The molecule has 4 N–H and O–H groups in total. The first-order chi connectivity index (χ1) is 13.4. The van der Waals surface area contributed by atoms with Gasteiger partial charge < -0.3 is 20.8 Å². The molecule has 9 heteroatoms. The topological polar surface area (TPSA) is 88.9 Å². The minimum Gasteiger partial charge on any atom is -0.457 e. The summed E-state index contributed by atoms with van der Waals surface area (Å²) >= 11 is 0. The summed E-state index contributed by atoms with van der Waals surface area (Å²) in [7, 11) is 0. The van der Waals surface area contributed by atoms with Gasteiger partial charge in [0.15, 0.2) is 0 Å². The molecule has 6 nitrogen and oxygen atoms in total. The van der Waals surface area contributed by atoms with Crippen molar-refractivity contribution in [2.24, 2.45) is 0 Å². The Labute approximate surface area is 157 Å². The van der Waals surface area contributed by atoms with Crippen molar-refractivity contribution >= 4 is 28.5 Å². The minimum absolute atomic E-state index is 0.105. The van der Waals surface area contributed by atoms with Crippen LogP contribution in [0.2, 0.25) is 0 Å². The summed E-state index contributed by atoms with van der Waals surface area (Å²) in [5, 5.41) is 3.91. The highest BCUT2D eigenvalue weighted by Crippen LogP contribution is 2.33. The second-order valence-electron chi connectivity index (χ2n) is 5.95. The zero-order valence-electron chi connectivity index (χ0n) is 14.3. The van der Waals surface area contributed by atoms with E-state index in [1.165, 1.54) is 12.1 Å². The van der Waals surface area contributed by atoms with E-state index in [1.807, 2.05) is 6.07 Å². The molecule has 0 amide bonds. The van der Waals surface area contributed by atoms with Gasteiger partial charge in [0.1, 0.15) is 23.0 Å². The van der Waals surface area contributed by atoms with E-state index < -0.39 is 11.7 Å². The van der Waals surface area contributed by atoms with Crippen LogP contribution in [0.4, 0.5) is 30.6 Å². The maximum atomic E-state index is 12.8. The van der Waals surface area contributed by atoms with Crippen molar-refractivity contribution in [3.63, 3.8) is 0 Å². The van der Waals surface area contributed by atoms with Crippen molar-refractivity contribution in [2.75, 3.05) is 11.1 Å². The molecule has 2 heterocycles. The van der Waals surface area contributed by atoms with Crippen LogP contribution in [0.1, 0.15) is 5.56 Å². The van der Waals surface area contributed by atoms with Crippen LogP contribution in [0.5, 0.6) is 11.5 Å². The average Bonchev–Trinajstić information content (AvgIpc) is 3.11. The van der Waals surface area contributed by atoms with Crippen LogP contribution in [0.25, 0.3) is 11.0 Å². The number of hydrogen-bond donors (Lipinski definition) is 3. The molecule has 0 spiro atoms. The van der Waals surface area contributed by atoms with E-state index in [1.54, 1.807) is 30.5 Å². The summed E-state index contributed by atoms with van der Waals surface area (Å²) in [5.41, 5.74) is 6.26. The summed E-state index contributed by atoms with van der Waals surface area (Å²) in [6.07, 6.45) is -2.69. The SMILES string of the molecule is Nc1nc(Nc2ccc(Oc3cccc(C(F)(F)F)c3)cc2)c2cc[nH]c2n1. The van der Waals surface area contributed by atoms with Gasteiger partial charge in [-0.3, -0.25) is 0 Å². The van der Waals surface area contributed by atoms with Gasteiger partial charge in [0.25, 0.3) is 0 Å². The smallest absolute Gasteiger partial charge is 0.416 e. The fourth-order valence-corrected chi connectivity index (χ4v) is 2.67. The fraction of sp³-hybridized carbons (Fsp3) is 0.0526. The number of nitrogens with one attached hydrogen (secondary N) is 2. The number of ether oxygens (including phenoxy) is 1. The number of rotatable bonds is 4. The van der Waals surface area contributed by atoms with Crippen molar-refractivity contribution in [3.05, 3.63) is 66.4 Å². The predicted octanol–water partition coefficient (Wildman–Crippen LogP) is 5.09. The highest BCUT2D eigenvalue weighted by molar-refractivity contribution is 5.89. The molecule has 0 aliphatic heterocycles. The standard InChI is InChI=1S/C19H14F3N5O/c20-19(21,22)11-2-1-3-14(10-11)28-13-6-4-12(5-7-13)25-17-15-8-9-24-16(15)26-18(23)27-17/h1-10H,(H4,23,24,25,26,27). The van der Waals surface area contributed by atoms with Crippen LogP contribution < -0.4 is 15.8 Å². The third kappa shape index (κ3) is 3.68. The van der Waals surface area contributed by atoms with Gasteiger partial charge in [-0.05, 0) is 48.5 Å². The van der Waals surface area contributed by atoms with E-state index in [-0.39, 0.29) is 11.7 Å². The van der Waals surface area contributed by atoms with E-state index in [0.717, 1.165) is 17.5 Å². The number of aromatic nitrogens is 3. The van der Waals surface area contributed by atoms with E-state index in [2.05, 4.69) is 20.3 Å². The summed E-state index contributed by atoms with van der Waals surface area (Å²) in [6, 6.07) is 13.3. The van der Waals surface area contributed by atoms with Crippen molar-refractivity contribution < 1.29 is 17.9 Å². The normalized spacial score (nSPS) is 11.5. The number of anilines is 3. The maximum absolute atomic E-state index is 12.8. The number of H-pyrrole nitrogens is 1. The fourth-order valence-electron chi connectivity index (χ4n) is 2.67. The molecule has 0 atom stereocenters. The second-order valence-corrected chi connectivity index (χ2v) is 5.95. The Kier molecular flexibility index (Phi) is 4.26. The van der Waals surface area contributed by atoms with E-state index in [9.17, 15) is 13.2 Å². The number of nitrogens with two attached hydrogens (primary N) is 1. The first kappa shape index (κ1) is 17.7. The number of halogens is 3. The Bertz CT molecular complexity index is 1120. The molecule has 0 aliphatic rings. The lowest BCUT2D eigenvalue weighted by molar-refractivity contribution is -0.137. The van der Waals surface area contributed by atoms with Crippen LogP contribution in [-0.2, 0) is 6.18 Å². The first-order valence-electron chi connectivity index (χ1n) is 8.21. The van der Waals surface area contributed by atoms with Gasteiger partial charge in [0, 0.05) is 11.9 Å². The Morgan fingerprint density at radius 2 is 1.75 bits per heavy atom. The van der Waals surface area contributed by atoms with Gasteiger partial charge in [0.05, 0.1) is 10.9 Å². The molecule has 0 bridgehead atoms. The Balaban J connectivity index is 1.52. The van der Waals surface area contributed by atoms with Gasteiger partial charge in [0.2, 0.25) is 5.95 Å². The first-order valence-corrected chi connectivity index (χ1v) is 8.21. The summed E-state index contributed by atoms with van der Waals surface area (Å²) in [6.45, 7) is 0. The van der Waals surface area contributed by atoms with Gasteiger partial charge in [-0.15, -0.1) is 0 Å². The molecule has 2 aromatic heterocycles. The Morgan fingerprint density at radius 3 is 2.50 bits per heavy atom. The molecule has 0 unspecified atom stereocenters. The molecule has 0 fully saturated rings. The van der Waals surface area contributed by atoms with Crippen molar-refractivity contribution in [1.29, 1.82) is 0 Å². The molecule has 4 aromatic rings. The van der Waals surface area contributed by atoms with Crippen molar-refractivity contribution in [1.82, 2.24) is 15.0 Å². The third-order valence-electron chi connectivity index (χ3n) is 3.95. The minimum atomic E-state index is -4.42. The van der Waals surface area contributed by atoms with Gasteiger partial charge in [-0.25, -0.2) is 0 Å². The molecule has 4 rings (SSSR count). The molecule has 28 heavy (non-hydrogen) atoms. The number of aromatic amines is 1. The summed E-state index contributed by atoms with van der Waals surface area (Å²) < 4.78 is 43.9. The zero-order chi connectivity index (χ0) is 19.7. The van der Waals surface area contributed by atoms with Gasteiger partial charge in [-0.1, -0.05) is 6.07 Å². The number of benzene rings is 2. The number of fused-ring (bicyclic) bond motifs is 1.